The molecule has 0 radical (unpaired) electrons. The molecule has 4 aromatic rings. The highest BCUT2D eigenvalue weighted by atomic mass is 16.5. The lowest BCUT2D eigenvalue weighted by molar-refractivity contribution is -0.105. The Balaban J connectivity index is 1.89. The zero-order chi connectivity index (χ0) is 22.7. The maximum atomic E-state index is 12.8. The Kier molecular flexibility index (Phi) is 6.00. The van der Waals surface area contributed by atoms with Crippen LogP contribution in [-0.2, 0) is 11.3 Å². The lowest BCUT2D eigenvalue weighted by Crippen LogP contribution is -2.18. The van der Waals surface area contributed by atoms with Crippen molar-refractivity contribution in [1.82, 2.24) is 19.5 Å². The normalized spacial score (nSPS) is 12.0. The standard InChI is InChI=1S/C23H23N5O4/c1-14(12-29)15-7-5-8-16(10-15)20-26-21(24-13-30)19-22(27-20)28(23(31)25-19)11-17-6-3-4-9-18(17)32-2/h3-10,13-14,29H,11-12H2,1-2H3,(H,25,31)(H,24,26,27,30). The number of imidazole rings is 1. The first kappa shape index (κ1) is 21.3. The summed E-state index contributed by atoms with van der Waals surface area (Å²) in [4.78, 5) is 35.8. The minimum Gasteiger partial charge on any atom is -0.496 e. The van der Waals surface area contributed by atoms with Crippen molar-refractivity contribution < 1.29 is 14.6 Å². The van der Waals surface area contributed by atoms with Crippen LogP contribution in [0, 0.1) is 0 Å². The number of aliphatic hydroxyl groups is 1. The molecule has 164 valence electrons. The summed E-state index contributed by atoms with van der Waals surface area (Å²) in [6, 6.07) is 14.9. The lowest BCUT2D eigenvalue weighted by atomic mass is 10.00. The average molecular weight is 433 g/mol. The van der Waals surface area contributed by atoms with Crippen molar-refractivity contribution in [3.8, 4) is 17.1 Å². The SMILES string of the molecule is COc1ccccc1Cn1c(=O)[nH]c2c(NC=O)nc(-c3cccc(C(C)CO)c3)nc21. The fourth-order valence-electron chi connectivity index (χ4n) is 3.56. The van der Waals surface area contributed by atoms with Crippen LogP contribution in [-0.4, -0.2) is 44.8 Å². The van der Waals surface area contributed by atoms with E-state index in [1.165, 1.54) is 4.57 Å². The Hall–Kier alpha value is -3.98. The van der Waals surface area contributed by atoms with Gasteiger partial charge in [0.1, 0.15) is 11.3 Å². The molecule has 0 fully saturated rings. The van der Waals surface area contributed by atoms with E-state index in [0.717, 1.165) is 11.1 Å². The number of hydrogen-bond acceptors (Lipinski definition) is 6. The first-order valence-corrected chi connectivity index (χ1v) is 10.1. The number of aromatic amines is 1. The number of carbonyl (C=O) groups is 1. The van der Waals surface area contributed by atoms with Crippen molar-refractivity contribution >= 4 is 23.4 Å². The average Bonchev–Trinajstić information content (AvgIpc) is 3.14. The molecule has 32 heavy (non-hydrogen) atoms. The summed E-state index contributed by atoms with van der Waals surface area (Å²) < 4.78 is 6.89. The van der Waals surface area contributed by atoms with Gasteiger partial charge in [0.05, 0.1) is 13.7 Å². The van der Waals surface area contributed by atoms with Gasteiger partial charge in [-0.1, -0.05) is 43.3 Å². The van der Waals surface area contributed by atoms with Gasteiger partial charge in [0, 0.05) is 23.7 Å². The number of aromatic nitrogens is 4. The van der Waals surface area contributed by atoms with Gasteiger partial charge in [-0.25, -0.2) is 14.8 Å². The number of amides is 1. The zero-order valence-corrected chi connectivity index (χ0v) is 17.7. The highest BCUT2D eigenvalue weighted by molar-refractivity contribution is 5.90. The van der Waals surface area contributed by atoms with E-state index in [4.69, 9.17) is 4.74 Å². The van der Waals surface area contributed by atoms with Crippen molar-refractivity contribution in [1.29, 1.82) is 0 Å². The summed E-state index contributed by atoms with van der Waals surface area (Å²) in [6.07, 6.45) is 0.506. The van der Waals surface area contributed by atoms with Crippen LogP contribution in [0.2, 0.25) is 0 Å². The topological polar surface area (TPSA) is 122 Å². The molecule has 9 heteroatoms. The van der Waals surface area contributed by atoms with Crippen LogP contribution in [0.15, 0.2) is 53.3 Å². The van der Waals surface area contributed by atoms with E-state index in [1.54, 1.807) is 7.11 Å². The van der Waals surface area contributed by atoms with E-state index in [-0.39, 0.29) is 30.6 Å². The van der Waals surface area contributed by atoms with Gasteiger partial charge in [-0.2, -0.15) is 0 Å². The van der Waals surface area contributed by atoms with Crippen LogP contribution < -0.4 is 15.7 Å². The van der Waals surface area contributed by atoms with Crippen LogP contribution in [0.25, 0.3) is 22.6 Å². The zero-order valence-electron chi connectivity index (χ0n) is 17.7. The molecule has 9 nitrogen and oxygen atoms in total. The van der Waals surface area contributed by atoms with Crippen LogP contribution in [0.5, 0.6) is 5.75 Å². The van der Waals surface area contributed by atoms with Crippen molar-refractivity contribution in [3.05, 3.63) is 70.1 Å². The summed E-state index contributed by atoms with van der Waals surface area (Å²) in [6.45, 7) is 2.15. The molecule has 4 rings (SSSR count). The molecule has 0 aliphatic heterocycles. The van der Waals surface area contributed by atoms with Gasteiger partial charge in [-0.15, -0.1) is 0 Å². The molecule has 1 amide bonds. The maximum Gasteiger partial charge on any atom is 0.328 e. The molecule has 2 aromatic carbocycles. The van der Waals surface area contributed by atoms with Crippen LogP contribution >= 0.6 is 0 Å². The largest absolute Gasteiger partial charge is 0.496 e. The molecule has 3 N–H and O–H groups in total. The molecule has 2 heterocycles. The van der Waals surface area contributed by atoms with Gasteiger partial charge in [0.25, 0.3) is 0 Å². The fraction of sp³-hybridized carbons (Fsp3) is 0.217. The van der Waals surface area contributed by atoms with Gasteiger partial charge >= 0.3 is 5.69 Å². The molecule has 0 spiro atoms. The lowest BCUT2D eigenvalue weighted by Gasteiger charge is -2.11. The van der Waals surface area contributed by atoms with E-state index in [0.29, 0.717) is 34.7 Å². The molecular weight excluding hydrogens is 410 g/mol. The number of aliphatic hydroxyl groups excluding tert-OH is 1. The molecule has 0 saturated carbocycles. The summed E-state index contributed by atoms with van der Waals surface area (Å²) >= 11 is 0. The van der Waals surface area contributed by atoms with Crippen molar-refractivity contribution in [2.75, 3.05) is 19.0 Å². The number of methoxy groups -OCH3 is 1. The fourth-order valence-corrected chi connectivity index (χ4v) is 3.56. The number of rotatable bonds is 8. The number of hydrogen-bond donors (Lipinski definition) is 3. The third-order valence-electron chi connectivity index (χ3n) is 5.33. The van der Waals surface area contributed by atoms with Crippen LogP contribution in [0.3, 0.4) is 0 Å². The first-order valence-electron chi connectivity index (χ1n) is 10.1. The van der Waals surface area contributed by atoms with E-state index < -0.39 is 0 Å². The van der Waals surface area contributed by atoms with Gasteiger partial charge in [-0.05, 0) is 17.7 Å². The highest BCUT2D eigenvalue weighted by Gasteiger charge is 2.18. The quantitative estimate of drug-likeness (QED) is 0.367. The van der Waals surface area contributed by atoms with Gasteiger partial charge in [0.15, 0.2) is 17.3 Å². The molecule has 0 bridgehead atoms. The third kappa shape index (κ3) is 3.97. The Morgan fingerprint density at radius 2 is 2.03 bits per heavy atom. The Bertz CT molecular complexity index is 1330. The predicted molar refractivity (Wildman–Crippen MR) is 121 cm³/mol. The van der Waals surface area contributed by atoms with E-state index in [2.05, 4.69) is 20.3 Å². The third-order valence-corrected chi connectivity index (χ3v) is 5.33. The number of H-pyrrole nitrogens is 1. The van der Waals surface area contributed by atoms with E-state index >= 15 is 0 Å². The summed E-state index contributed by atoms with van der Waals surface area (Å²) in [5.41, 5.74) is 2.75. The molecule has 1 unspecified atom stereocenters. The number of benzene rings is 2. The van der Waals surface area contributed by atoms with Crippen LogP contribution in [0.1, 0.15) is 24.0 Å². The monoisotopic (exact) mass is 433 g/mol. The van der Waals surface area contributed by atoms with Crippen LogP contribution in [0.4, 0.5) is 5.82 Å². The number of fused-ring (bicyclic) bond motifs is 1. The Labute approximate surface area is 183 Å². The Morgan fingerprint density at radius 1 is 1.22 bits per heavy atom. The summed E-state index contributed by atoms with van der Waals surface area (Å²) in [5.74, 6) is 1.15. The molecule has 0 aliphatic carbocycles. The number of nitrogens with zero attached hydrogens (tertiary/aromatic N) is 3. The number of para-hydroxylation sites is 1. The molecule has 0 aliphatic rings. The smallest absolute Gasteiger partial charge is 0.328 e. The second-order valence-electron chi connectivity index (χ2n) is 7.39. The second kappa shape index (κ2) is 9.03. The summed E-state index contributed by atoms with van der Waals surface area (Å²) in [5, 5.41) is 12.1. The van der Waals surface area contributed by atoms with Gasteiger partial charge in [0.2, 0.25) is 6.41 Å². The van der Waals surface area contributed by atoms with Crippen molar-refractivity contribution in [3.63, 3.8) is 0 Å². The number of nitrogens with one attached hydrogen (secondary N) is 2. The van der Waals surface area contributed by atoms with Gasteiger partial charge in [-0.3, -0.25) is 9.36 Å². The number of anilines is 1. The highest BCUT2D eigenvalue weighted by Crippen LogP contribution is 2.27. The predicted octanol–water partition coefficient (Wildman–Crippen LogP) is 2.51. The van der Waals surface area contributed by atoms with E-state index in [9.17, 15) is 14.7 Å². The van der Waals surface area contributed by atoms with E-state index in [1.807, 2.05) is 55.5 Å². The second-order valence-corrected chi connectivity index (χ2v) is 7.39. The molecule has 2 aromatic heterocycles. The van der Waals surface area contributed by atoms with Gasteiger partial charge < -0.3 is 20.1 Å². The Morgan fingerprint density at radius 3 is 2.78 bits per heavy atom. The van der Waals surface area contributed by atoms with Crippen molar-refractivity contribution in [2.45, 2.75) is 19.4 Å². The van der Waals surface area contributed by atoms with Crippen molar-refractivity contribution in [2.24, 2.45) is 0 Å². The summed E-state index contributed by atoms with van der Waals surface area (Å²) in [7, 11) is 1.57. The number of ether oxygens (including phenoxy) is 1. The minimum absolute atomic E-state index is 0.0115. The molecule has 1 atom stereocenters. The first-order chi connectivity index (χ1) is 15.5. The molecule has 0 saturated heterocycles. The maximum absolute atomic E-state index is 12.8. The minimum atomic E-state index is -0.381. The number of carbonyl (C=O) groups excluding carboxylic acids is 1. The molecular formula is C23H23N5O4.